The average molecular weight is 291 g/mol. The van der Waals surface area contributed by atoms with Crippen LogP contribution in [0.15, 0.2) is 18.2 Å². The fourth-order valence-corrected chi connectivity index (χ4v) is 3.73. The largest absolute Gasteiger partial charge is 0.497 e. The fourth-order valence-electron chi connectivity index (χ4n) is 2.83. The molecule has 0 radical (unpaired) electrons. The van der Waals surface area contributed by atoms with Gasteiger partial charge in [-0.2, -0.15) is 0 Å². The molecular weight excluding hydrogens is 270 g/mol. The Morgan fingerprint density at radius 3 is 2.75 bits per heavy atom. The van der Waals surface area contributed by atoms with Crippen molar-refractivity contribution < 1.29 is 4.74 Å². The van der Waals surface area contributed by atoms with Crippen LogP contribution in [0, 0.1) is 0 Å². The predicted octanol–water partition coefficient (Wildman–Crippen LogP) is 3.89. The molecule has 3 rings (SSSR count). The van der Waals surface area contributed by atoms with Gasteiger partial charge in [0.05, 0.1) is 17.3 Å². The third-order valence-electron chi connectivity index (χ3n) is 4.01. The number of fused-ring (bicyclic) bond motifs is 1. The maximum Gasteiger partial charge on any atom is 0.198 e. The summed E-state index contributed by atoms with van der Waals surface area (Å²) in [5.74, 6) is 0.882. The van der Waals surface area contributed by atoms with Crippen molar-refractivity contribution >= 4 is 26.7 Å². The quantitative estimate of drug-likeness (QED) is 0.931. The van der Waals surface area contributed by atoms with Gasteiger partial charge in [0.2, 0.25) is 0 Å². The summed E-state index contributed by atoms with van der Waals surface area (Å²) in [6, 6.07) is 7.12. The Kier molecular flexibility index (Phi) is 3.81. The van der Waals surface area contributed by atoms with Crippen molar-refractivity contribution in [3.63, 3.8) is 0 Å². The van der Waals surface area contributed by atoms with Crippen molar-refractivity contribution in [3.05, 3.63) is 18.2 Å². The molecule has 2 atom stereocenters. The topological polar surface area (TPSA) is 37.4 Å². The second-order valence-electron chi connectivity index (χ2n) is 5.50. The number of nitrogens with zero attached hydrogens (tertiary/aromatic N) is 2. The number of ether oxygens (including phenoxy) is 1. The molecule has 1 N–H and O–H groups in total. The molecule has 2 heterocycles. The molecule has 1 aromatic carbocycles. The highest BCUT2D eigenvalue weighted by atomic mass is 32.1. The minimum absolute atomic E-state index is 0.556. The molecule has 1 saturated heterocycles. The number of methoxy groups -OCH3 is 1. The monoisotopic (exact) mass is 291 g/mol. The number of hydrogen-bond donors (Lipinski definition) is 1. The lowest BCUT2D eigenvalue weighted by atomic mass is 10.00. The van der Waals surface area contributed by atoms with E-state index in [0.29, 0.717) is 12.1 Å². The minimum Gasteiger partial charge on any atom is -0.497 e. The Morgan fingerprint density at radius 2 is 2.05 bits per heavy atom. The van der Waals surface area contributed by atoms with Crippen molar-refractivity contribution in [2.45, 2.75) is 45.2 Å². The van der Waals surface area contributed by atoms with Crippen LogP contribution in [-0.4, -0.2) is 29.2 Å². The lowest BCUT2D eigenvalue weighted by Gasteiger charge is -2.38. The van der Waals surface area contributed by atoms with E-state index in [1.807, 2.05) is 18.2 Å². The molecule has 2 aromatic rings. The van der Waals surface area contributed by atoms with Gasteiger partial charge in [0, 0.05) is 12.1 Å². The second-order valence-corrected chi connectivity index (χ2v) is 6.53. The van der Waals surface area contributed by atoms with Crippen molar-refractivity contribution in [3.8, 4) is 5.75 Å². The van der Waals surface area contributed by atoms with E-state index < -0.39 is 0 Å². The van der Waals surface area contributed by atoms with Gasteiger partial charge in [-0.1, -0.05) is 17.8 Å². The van der Waals surface area contributed by atoms with E-state index in [4.69, 9.17) is 4.74 Å². The van der Waals surface area contributed by atoms with Crippen molar-refractivity contribution in [2.24, 2.45) is 0 Å². The number of aromatic nitrogens is 1. The van der Waals surface area contributed by atoms with Gasteiger partial charge in [0.1, 0.15) is 5.75 Å². The van der Waals surface area contributed by atoms with Gasteiger partial charge >= 0.3 is 0 Å². The minimum atomic E-state index is 0.556. The first kappa shape index (κ1) is 13.6. The molecule has 5 heteroatoms. The summed E-state index contributed by atoms with van der Waals surface area (Å²) in [5.41, 5.74) is 4.53. The molecule has 1 aromatic heterocycles. The number of piperidine rings is 1. The maximum atomic E-state index is 5.26. The van der Waals surface area contributed by atoms with Gasteiger partial charge in [0.15, 0.2) is 5.13 Å². The van der Waals surface area contributed by atoms with E-state index in [1.165, 1.54) is 19.3 Å². The highest BCUT2D eigenvalue weighted by molar-refractivity contribution is 7.22. The third-order valence-corrected chi connectivity index (χ3v) is 4.94. The van der Waals surface area contributed by atoms with Gasteiger partial charge in [0.25, 0.3) is 0 Å². The highest BCUT2D eigenvalue weighted by Crippen LogP contribution is 2.31. The third kappa shape index (κ3) is 2.60. The number of thiazole rings is 1. The average Bonchev–Trinajstić information content (AvgIpc) is 2.84. The molecule has 0 saturated carbocycles. The van der Waals surface area contributed by atoms with Gasteiger partial charge in [-0.25, -0.2) is 9.99 Å². The number of rotatable bonds is 3. The van der Waals surface area contributed by atoms with Crippen LogP contribution < -0.4 is 10.2 Å². The Balaban J connectivity index is 1.83. The molecule has 2 unspecified atom stereocenters. The van der Waals surface area contributed by atoms with Crippen LogP contribution in [-0.2, 0) is 0 Å². The lowest BCUT2D eigenvalue weighted by Crippen LogP contribution is -2.47. The van der Waals surface area contributed by atoms with E-state index in [1.54, 1.807) is 18.4 Å². The first-order valence-corrected chi connectivity index (χ1v) is 7.98. The highest BCUT2D eigenvalue weighted by Gasteiger charge is 2.25. The van der Waals surface area contributed by atoms with Crippen molar-refractivity contribution in [1.82, 2.24) is 9.99 Å². The predicted molar refractivity (Wildman–Crippen MR) is 84.4 cm³/mol. The van der Waals surface area contributed by atoms with Gasteiger partial charge < -0.3 is 4.74 Å². The second kappa shape index (κ2) is 5.58. The Bertz CT molecular complexity index is 588. The molecule has 0 spiro atoms. The molecule has 1 aliphatic rings. The Labute approximate surface area is 123 Å². The molecule has 0 aliphatic carbocycles. The van der Waals surface area contributed by atoms with Crippen LogP contribution in [0.1, 0.15) is 33.1 Å². The van der Waals surface area contributed by atoms with E-state index in [9.17, 15) is 0 Å². The smallest absolute Gasteiger partial charge is 0.198 e. The number of benzene rings is 1. The first-order valence-electron chi connectivity index (χ1n) is 7.17. The van der Waals surface area contributed by atoms with Crippen LogP contribution in [0.3, 0.4) is 0 Å². The summed E-state index contributed by atoms with van der Waals surface area (Å²) < 4.78 is 6.42. The van der Waals surface area contributed by atoms with Crippen LogP contribution in [0.2, 0.25) is 0 Å². The summed E-state index contributed by atoms with van der Waals surface area (Å²) >= 11 is 1.68. The van der Waals surface area contributed by atoms with Crippen molar-refractivity contribution in [2.75, 3.05) is 12.5 Å². The van der Waals surface area contributed by atoms with Crippen molar-refractivity contribution in [1.29, 1.82) is 0 Å². The number of hydrazine groups is 1. The van der Waals surface area contributed by atoms with E-state index >= 15 is 0 Å². The fraction of sp³-hybridized carbons (Fsp3) is 0.533. The molecule has 1 aliphatic heterocycles. The number of nitrogens with one attached hydrogen (secondary N) is 1. The molecule has 1 fully saturated rings. The number of anilines is 1. The normalized spacial score (nSPS) is 23.9. The zero-order chi connectivity index (χ0) is 14.1. The number of hydrogen-bond acceptors (Lipinski definition) is 5. The van der Waals surface area contributed by atoms with E-state index in [2.05, 4.69) is 29.3 Å². The molecule has 4 nitrogen and oxygen atoms in total. The molecule has 0 amide bonds. The van der Waals surface area contributed by atoms with E-state index in [-0.39, 0.29) is 0 Å². The standard InChI is InChI=1S/C15H21N3OS/c1-10-5-4-6-11(2)18(10)17-15-16-13-8-7-12(19-3)9-14(13)20-15/h7-11H,4-6H2,1-3H3,(H,16,17). The summed E-state index contributed by atoms with van der Waals surface area (Å²) in [4.78, 5) is 4.66. The summed E-state index contributed by atoms with van der Waals surface area (Å²) in [7, 11) is 1.69. The maximum absolute atomic E-state index is 5.26. The van der Waals surface area contributed by atoms with Gasteiger partial charge in [-0.15, -0.1) is 0 Å². The molecule has 108 valence electrons. The molecule has 0 bridgehead atoms. The summed E-state index contributed by atoms with van der Waals surface area (Å²) in [6.45, 7) is 4.55. The Hall–Kier alpha value is -1.33. The molecular formula is C15H21N3OS. The van der Waals surface area contributed by atoms with Crippen LogP contribution >= 0.6 is 11.3 Å². The van der Waals surface area contributed by atoms with Crippen LogP contribution in [0.5, 0.6) is 5.75 Å². The zero-order valence-corrected chi connectivity index (χ0v) is 13.0. The Morgan fingerprint density at radius 1 is 1.30 bits per heavy atom. The SMILES string of the molecule is COc1ccc2nc(NN3C(C)CCCC3C)sc2c1. The summed E-state index contributed by atoms with van der Waals surface area (Å²) in [5, 5.41) is 3.31. The molecule has 20 heavy (non-hydrogen) atoms. The van der Waals surface area contributed by atoms with Gasteiger partial charge in [-0.05, 0) is 44.9 Å². The van der Waals surface area contributed by atoms with E-state index in [0.717, 1.165) is 21.1 Å². The van der Waals surface area contributed by atoms with Crippen LogP contribution in [0.25, 0.3) is 10.2 Å². The summed E-state index contributed by atoms with van der Waals surface area (Å²) in [6.07, 6.45) is 3.81. The first-order chi connectivity index (χ1) is 9.67. The zero-order valence-electron chi connectivity index (χ0n) is 12.2. The van der Waals surface area contributed by atoms with Gasteiger partial charge in [-0.3, -0.25) is 5.43 Å². The van der Waals surface area contributed by atoms with Crippen LogP contribution in [0.4, 0.5) is 5.13 Å². The lowest BCUT2D eigenvalue weighted by molar-refractivity contribution is 0.136.